The van der Waals surface area contributed by atoms with Gasteiger partial charge >= 0.3 is 6.03 Å². The molecule has 0 bridgehead atoms. The van der Waals surface area contributed by atoms with Gasteiger partial charge in [-0.3, -0.25) is 19.3 Å². The minimum atomic E-state index is -0.911. The predicted molar refractivity (Wildman–Crippen MR) is 128 cm³/mol. The van der Waals surface area contributed by atoms with Crippen molar-refractivity contribution >= 4 is 29.4 Å². The van der Waals surface area contributed by atoms with Gasteiger partial charge in [0.05, 0.1) is 11.3 Å². The number of para-hydroxylation sites is 1. The van der Waals surface area contributed by atoms with Gasteiger partial charge in [0.2, 0.25) is 5.91 Å². The van der Waals surface area contributed by atoms with Crippen LogP contribution in [-0.4, -0.2) is 47.3 Å². The molecule has 0 aromatic heterocycles. The fourth-order valence-corrected chi connectivity index (χ4v) is 4.82. The summed E-state index contributed by atoms with van der Waals surface area (Å²) in [6.07, 6.45) is 4.02. The molecule has 0 radical (unpaired) electrons. The van der Waals surface area contributed by atoms with Crippen molar-refractivity contribution in [3.05, 3.63) is 65.7 Å². The Kier molecular flexibility index (Phi) is 6.95. The second kappa shape index (κ2) is 10.1. The predicted octanol–water partition coefficient (Wildman–Crippen LogP) is 3.10. The van der Waals surface area contributed by atoms with Gasteiger partial charge in [-0.15, -0.1) is 0 Å². The minimum Gasteiger partial charge on any atom is -0.352 e. The standard InChI is InChI=1S/C26H30N4O4/c1-18-9-7-8-15-26(18)24(33)30(25(34)29-26)17-22(31)28-21-13-6-5-12-20(21)23(32)27-16-14-19-10-3-2-4-11-19/h2-6,10-13,18H,7-9,14-17H2,1H3,(H,27,32)(H,28,31)(H,29,34)/t18-,26+/m0/s1. The highest BCUT2D eigenvalue weighted by atomic mass is 16.2. The molecule has 1 saturated carbocycles. The molecule has 2 aliphatic rings. The van der Waals surface area contributed by atoms with Crippen LogP contribution >= 0.6 is 0 Å². The van der Waals surface area contributed by atoms with Crippen LogP contribution in [0.25, 0.3) is 0 Å². The van der Waals surface area contributed by atoms with Crippen LogP contribution in [0.4, 0.5) is 10.5 Å². The molecule has 1 saturated heterocycles. The van der Waals surface area contributed by atoms with Gasteiger partial charge in [0.25, 0.3) is 11.8 Å². The van der Waals surface area contributed by atoms with Gasteiger partial charge < -0.3 is 16.0 Å². The monoisotopic (exact) mass is 462 g/mol. The summed E-state index contributed by atoms with van der Waals surface area (Å²) in [7, 11) is 0. The molecular formula is C26H30N4O4. The van der Waals surface area contributed by atoms with Crippen molar-refractivity contribution in [2.45, 2.75) is 44.6 Å². The van der Waals surface area contributed by atoms with Gasteiger partial charge in [0.15, 0.2) is 0 Å². The zero-order valence-corrected chi connectivity index (χ0v) is 19.3. The Bertz CT molecular complexity index is 1090. The molecule has 1 spiro atoms. The van der Waals surface area contributed by atoms with E-state index in [0.717, 1.165) is 29.7 Å². The molecule has 2 aromatic carbocycles. The van der Waals surface area contributed by atoms with Crippen LogP contribution in [0.5, 0.6) is 0 Å². The second-order valence-electron chi connectivity index (χ2n) is 9.02. The van der Waals surface area contributed by atoms with Crippen LogP contribution in [0.15, 0.2) is 54.6 Å². The van der Waals surface area contributed by atoms with Crippen molar-refractivity contribution in [3.8, 4) is 0 Å². The zero-order chi connectivity index (χ0) is 24.1. The highest BCUT2D eigenvalue weighted by Crippen LogP contribution is 2.38. The van der Waals surface area contributed by atoms with Gasteiger partial charge in [0.1, 0.15) is 12.1 Å². The normalized spacial score (nSPS) is 21.9. The third-order valence-corrected chi connectivity index (χ3v) is 6.79. The smallest absolute Gasteiger partial charge is 0.325 e. The molecule has 8 heteroatoms. The van der Waals surface area contributed by atoms with Gasteiger partial charge in [0, 0.05) is 6.54 Å². The Morgan fingerprint density at radius 3 is 2.56 bits per heavy atom. The molecule has 2 aromatic rings. The number of rotatable bonds is 7. The average molecular weight is 463 g/mol. The van der Waals surface area contributed by atoms with E-state index in [2.05, 4.69) is 16.0 Å². The second-order valence-corrected chi connectivity index (χ2v) is 9.02. The van der Waals surface area contributed by atoms with E-state index < -0.39 is 24.0 Å². The van der Waals surface area contributed by atoms with E-state index in [0.29, 0.717) is 30.6 Å². The number of benzene rings is 2. The first-order chi connectivity index (χ1) is 16.4. The van der Waals surface area contributed by atoms with Crippen LogP contribution in [0.3, 0.4) is 0 Å². The van der Waals surface area contributed by atoms with E-state index in [4.69, 9.17) is 0 Å². The van der Waals surface area contributed by atoms with Gasteiger partial charge in [-0.05, 0) is 42.9 Å². The highest BCUT2D eigenvalue weighted by molar-refractivity contribution is 6.11. The average Bonchev–Trinajstić information content (AvgIpc) is 3.06. The molecule has 1 aliphatic heterocycles. The lowest BCUT2D eigenvalue weighted by atomic mass is 9.73. The Balaban J connectivity index is 1.37. The van der Waals surface area contributed by atoms with E-state index in [-0.39, 0.29) is 17.7 Å². The fraction of sp³-hybridized carbons (Fsp3) is 0.385. The summed E-state index contributed by atoms with van der Waals surface area (Å²) < 4.78 is 0. The third-order valence-electron chi connectivity index (χ3n) is 6.79. The van der Waals surface area contributed by atoms with E-state index in [1.54, 1.807) is 24.3 Å². The summed E-state index contributed by atoms with van der Waals surface area (Å²) >= 11 is 0. The molecule has 2 atom stereocenters. The van der Waals surface area contributed by atoms with Crippen molar-refractivity contribution in [1.82, 2.24) is 15.5 Å². The maximum atomic E-state index is 13.1. The van der Waals surface area contributed by atoms with Crippen LogP contribution < -0.4 is 16.0 Å². The van der Waals surface area contributed by atoms with Crippen LogP contribution in [0.2, 0.25) is 0 Å². The fourth-order valence-electron chi connectivity index (χ4n) is 4.82. The molecule has 1 heterocycles. The van der Waals surface area contributed by atoms with Gasteiger partial charge in [-0.2, -0.15) is 0 Å². The SMILES string of the molecule is C[C@H]1CCCC[C@@]12NC(=O)N(CC(=O)Nc1ccccc1C(=O)NCCc1ccccc1)C2=O. The number of nitrogens with one attached hydrogen (secondary N) is 3. The third kappa shape index (κ3) is 4.81. The van der Waals surface area contributed by atoms with E-state index >= 15 is 0 Å². The topological polar surface area (TPSA) is 108 Å². The first-order valence-corrected chi connectivity index (χ1v) is 11.8. The lowest BCUT2D eigenvalue weighted by Crippen LogP contribution is -2.54. The molecule has 1 aliphatic carbocycles. The number of hydrogen-bond acceptors (Lipinski definition) is 4. The summed E-state index contributed by atoms with van der Waals surface area (Å²) in [5, 5.41) is 8.42. The molecule has 178 valence electrons. The highest BCUT2D eigenvalue weighted by Gasteiger charge is 2.55. The number of carbonyl (C=O) groups excluding carboxylic acids is 4. The maximum Gasteiger partial charge on any atom is 0.325 e. The molecule has 2 fully saturated rings. The first-order valence-electron chi connectivity index (χ1n) is 11.8. The quantitative estimate of drug-likeness (QED) is 0.550. The van der Waals surface area contributed by atoms with Gasteiger partial charge in [-0.25, -0.2) is 4.79 Å². The van der Waals surface area contributed by atoms with Crippen molar-refractivity contribution < 1.29 is 19.2 Å². The van der Waals surface area contributed by atoms with E-state index in [1.807, 2.05) is 37.3 Å². The lowest BCUT2D eigenvalue weighted by molar-refractivity contribution is -0.136. The molecule has 8 nitrogen and oxygen atoms in total. The largest absolute Gasteiger partial charge is 0.352 e. The number of imide groups is 1. The maximum absolute atomic E-state index is 13.1. The molecule has 4 rings (SSSR count). The Hall–Kier alpha value is -3.68. The summed E-state index contributed by atoms with van der Waals surface area (Å²) in [5.74, 6) is -1.16. The lowest BCUT2D eigenvalue weighted by Gasteiger charge is -2.36. The van der Waals surface area contributed by atoms with Crippen LogP contribution in [0.1, 0.15) is 48.5 Å². The molecular weight excluding hydrogens is 432 g/mol. The van der Waals surface area contributed by atoms with Gasteiger partial charge in [-0.1, -0.05) is 62.2 Å². The summed E-state index contributed by atoms with van der Waals surface area (Å²) in [6, 6.07) is 16.0. The number of anilines is 1. The Labute approximate surface area is 199 Å². The minimum absolute atomic E-state index is 0.0195. The Morgan fingerprint density at radius 1 is 1.06 bits per heavy atom. The molecule has 34 heavy (non-hydrogen) atoms. The molecule has 5 amide bonds. The number of carbonyl (C=O) groups is 4. The van der Waals surface area contributed by atoms with E-state index in [9.17, 15) is 19.2 Å². The Morgan fingerprint density at radius 2 is 1.79 bits per heavy atom. The van der Waals surface area contributed by atoms with Crippen LogP contribution in [-0.2, 0) is 16.0 Å². The van der Waals surface area contributed by atoms with Crippen molar-refractivity contribution in [3.63, 3.8) is 0 Å². The molecule has 0 unspecified atom stereocenters. The number of urea groups is 1. The van der Waals surface area contributed by atoms with Crippen LogP contribution in [0, 0.1) is 5.92 Å². The van der Waals surface area contributed by atoms with E-state index in [1.165, 1.54) is 0 Å². The number of hydrogen-bond donors (Lipinski definition) is 3. The summed E-state index contributed by atoms with van der Waals surface area (Å²) in [4.78, 5) is 52.1. The first kappa shape index (κ1) is 23.5. The van der Waals surface area contributed by atoms with Crippen molar-refractivity contribution in [2.75, 3.05) is 18.4 Å². The zero-order valence-electron chi connectivity index (χ0n) is 19.3. The summed E-state index contributed by atoms with van der Waals surface area (Å²) in [5.41, 5.74) is 0.852. The van der Waals surface area contributed by atoms with Crippen molar-refractivity contribution in [1.29, 1.82) is 0 Å². The molecule has 3 N–H and O–H groups in total. The number of amides is 5. The summed E-state index contributed by atoms with van der Waals surface area (Å²) in [6.45, 7) is 2.02. The number of nitrogens with zero attached hydrogens (tertiary/aromatic N) is 1. The van der Waals surface area contributed by atoms with Crippen molar-refractivity contribution in [2.24, 2.45) is 5.92 Å².